The summed E-state index contributed by atoms with van der Waals surface area (Å²) in [5.41, 5.74) is 2.70. The summed E-state index contributed by atoms with van der Waals surface area (Å²) in [6.45, 7) is 1.42. The molecular formula is C22H21FKN3O4. The van der Waals surface area contributed by atoms with Gasteiger partial charge in [0.15, 0.2) is 5.58 Å². The van der Waals surface area contributed by atoms with Gasteiger partial charge in [-0.15, -0.1) is 0 Å². The number of anilines is 1. The molecule has 2 amide bonds. The summed E-state index contributed by atoms with van der Waals surface area (Å²) >= 11 is 0. The van der Waals surface area contributed by atoms with Gasteiger partial charge in [0.05, 0.1) is 18.2 Å². The van der Waals surface area contributed by atoms with Crippen LogP contribution in [-0.2, 0) is 4.79 Å². The Kier molecular flexibility index (Phi) is 7.87. The van der Waals surface area contributed by atoms with Crippen LogP contribution in [0.4, 0.5) is 14.9 Å². The van der Waals surface area contributed by atoms with Crippen molar-refractivity contribution in [2.45, 2.75) is 38.6 Å². The van der Waals surface area contributed by atoms with Crippen LogP contribution in [0.25, 0.3) is 22.6 Å². The monoisotopic (exact) mass is 449 g/mol. The van der Waals surface area contributed by atoms with E-state index in [0.717, 1.165) is 31.2 Å². The van der Waals surface area contributed by atoms with Gasteiger partial charge < -0.3 is 24.5 Å². The number of benzene rings is 2. The molecule has 1 heterocycles. The Hall–Kier alpha value is -1.78. The number of urea groups is 1. The molecule has 4 rings (SSSR count). The molecule has 7 nitrogen and oxygen atoms in total. The van der Waals surface area contributed by atoms with Gasteiger partial charge in [-0.25, -0.2) is 14.2 Å². The number of halogens is 1. The number of nitrogens with one attached hydrogen (secondary N) is 1. The van der Waals surface area contributed by atoms with Crippen molar-refractivity contribution >= 4 is 28.8 Å². The minimum atomic E-state index is -1.35. The number of aliphatic carboxylic acids is 1. The van der Waals surface area contributed by atoms with Gasteiger partial charge in [0, 0.05) is 11.6 Å². The van der Waals surface area contributed by atoms with Gasteiger partial charge in [-0.2, -0.15) is 0 Å². The maximum atomic E-state index is 14.7. The van der Waals surface area contributed by atoms with E-state index in [1.165, 1.54) is 17.0 Å². The number of hydrogen-bond acceptors (Lipinski definition) is 5. The molecule has 2 aromatic carbocycles. The van der Waals surface area contributed by atoms with Gasteiger partial charge in [0.25, 0.3) is 0 Å². The number of rotatable bonds is 5. The molecule has 1 aliphatic rings. The van der Waals surface area contributed by atoms with Gasteiger partial charge in [-0.1, -0.05) is 18.9 Å². The average Bonchev–Trinajstić information content (AvgIpc) is 3.36. The maximum absolute atomic E-state index is 14.7. The predicted molar refractivity (Wildman–Crippen MR) is 107 cm³/mol. The molecule has 1 saturated carbocycles. The summed E-state index contributed by atoms with van der Waals surface area (Å²) in [7, 11) is 0. The smallest absolute Gasteiger partial charge is 0.548 e. The number of carbonyl (C=O) groups is 2. The number of hydrogen-bond donors (Lipinski definition) is 1. The molecule has 0 unspecified atom stereocenters. The van der Waals surface area contributed by atoms with Crippen LogP contribution in [0, 0.1) is 12.7 Å². The zero-order chi connectivity index (χ0) is 21.3. The fourth-order valence-electron chi connectivity index (χ4n) is 3.82. The molecular weight excluding hydrogens is 428 g/mol. The number of aryl methyl sites for hydroxylation is 1. The Balaban J connectivity index is 0.00000272. The predicted octanol–water partition coefficient (Wildman–Crippen LogP) is 0.473. The van der Waals surface area contributed by atoms with Crippen LogP contribution < -0.4 is 61.8 Å². The molecule has 0 saturated heterocycles. The number of oxazole rings is 1. The fourth-order valence-corrected chi connectivity index (χ4v) is 3.82. The largest absolute Gasteiger partial charge is 1.00 e. The van der Waals surface area contributed by atoms with Crippen molar-refractivity contribution in [1.29, 1.82) is 0 Å². The third kappa shape index (κ3) is 5.53. The standard InChI is InChI=1S/C22H22FN3O4.K/c1-13-6-9-19-18(10-13)24-21(30-19)14-7-8-17(16(23)11-14)25-22(29)26(12-20(27)28)15-4-2-3-5-15;/h6-11,15H,2-5,12H2,1H3,(H,25,29)(H,27,28);/q;+1/p-1. The third-order valence-corrected chi connectivity index (χ3v) is 5.33. The van der Waals surface area contributed by atoms with E-state index in [0.29, 0.717) is 16.7 Å². The first-order valence-electron chi connectivity index (χ1n) is 9.85. The van der Waals surface area contributed by atoms with Crippen molar-refractivity contribution in [3.05, 3.63) is 47.8 Å². The second-order valence-corrected chi connectivity index (χ2v) is 7.55. The van der Waals surface area contributed by atoms with Crippen LogP contribution in [-0.4, -0.2) is 34.5 Å². The van der Waals surface area contributed by atoms with Crippen molar-refractivity contribution in [3.8, 4) is 11.5 Å². The molecule has 31 heavy (non-hydrogen) atoms. The van der Waals surface area contributed by atoms with E-state index in [-0.39, 0.29) is 69.0 Å². The van der Waals surface area contributed by atoms with Gasteiger partial charge in [0.1, 0.15) is 11.3 Å². The Labute approximate surface area is 221 Å². The molecule has 9 heteroatoms. The summed E-state index contributed by atoms with van der Waals surface area (Å²) in [5, 5.41) is 13.5. The van der Waals surface area contributed by atoms with Crippen molar-refractivity contribution in [2.24, 2.45) is 0 Å². The van der Waals surface area contributed by atoms with E-state index >= 15 is 0 Å². The van der Waals surface area contributed by atoms with E-state index < -0.39 is 24.4 Å². The average molecular weight is 450 g/mol. The molecule has 1 fully saturated rings. The van der Waals surface area contributed by atoms with E-state index in [1.54, 1.807) is 12.1 Å². The Morgan fingerprint density at radius 3 is 2.65 bits per heavy atom. The normalized spacial score (nSPS) is 13.7. The summed E-state index contributed by atoms with van der Waals surface area (Å²) in [6.07, 6.45) is 3.29. The summed E-state index contributed by atoms with van der Waals surface area (Å²) in [6, 6.07) is 8.97. The van der Waals surface area contributed by atoms with Crippen LogP contribution in [0.2, 0.25) is 0 Å². The molecule has 1 aliphatic carbocycles. The fraction of sp³-hybridized carbons (Fsp3) is 0.318. The second-order valence-electron chi connectivity index (χ2n) is 7.55. The SMILES string of the molecule is Cc1ccc2oc(-c3ccc(NC(=O)N(CC(=O)[O-])C4CCCC4)c(F)c3)nc2c1.[K+]. The Morgan fingerprint density at radius 2 is 1.97 bits per heavy atom. The van der Waals surface area contributed by atoms with E-state index in [4.69, 9.17) is 4.42 Å². The molecule has 1 aromatic heterocycles. The minimum Gasteiger partial charge on any atom is -0.548 e. The number of carboxylic acid groups (broad SMARTS) is 1. The first kappa shape index (κ1) is 23.9. The van der Waals surface area contributed by atoms with Gasteiger partial charge in [-0.05, 0) is 55.7 Å². The molecule has 1 N–H and O–H groups in total. The minimum absolute atomic E-state index is 0. The van der Waals surface area contributed by atoms with Gasteiger partial charge >= 0.3 is 57.4 Å². The molecule has 0 radical (unpaired) electrons. The number of amides is 2. The zero-order valence-electron chi connectivity index (χ0n) is 17.5. The maximum Gasteiger partial charge on any atom is 1.00 e. The Morgan fingerprint density at radius 1 is 1.23 bits per heavy atom. The number of carbonyl (C=O) groups excluding carboxylic acids is 2. The van der Waals surface area contributed by atoms with Crippen molar-refractivity contribution < 1.29 is 74.9 Å². The first-order valence-corrected chi connectivity index (χ1v) is 9.85. The van der Waals surface area contributed by atoms with Crippen molar-refractivity contribution in [3.63, 3.8) is 0 Å². The first-order chi connectivity index (χ1) is 14.4. The topological polar surface area (TPSA) is 98.5 Å². The quantitative estimate of drug-likeness (QED) is 0.571. The summed E-state index contributed by atoms with van der Waals surface area (Å²) in [5.74, 6) is -1.74. The Bertz CT molecular complexity index is 1110. The number of aromatic nitrogens is 1. The van der Waals surface area contributed by atoms with Crippen LogP contribution in [0.3, 0.4) is 0 Å². The zero-order valence-corrected chi connectivity index (χ0v) is 20.6. The molecule has 0 spiro atoms. The molecule has 156 valence electrons. The summed E-state index contributed by atoms with van der Waals surface area (Å²) in [4.78, 5) is 29.3. The molecule has 0 atom stereocenters. The molecule has 3 aromatic rings. The van der Waals surface area contributed by atoms with Gasteiger partial charge in [0.2, 0.25) is 5.89 Å². The summed E-state index contributed by atoms with van der Waals surface area (Å²) < 4.78 is 20.4. The van der Waals surface area contributed by atoms with E-state index in [9.17, 15) is 19.1 Å². The number of fused-ring (bicyclic) bond motifs is 1. The third-order valence-electron chi connectivity index (χ3n) is 5.33. The van der Waals surface area contributed by atoms with E-state index in [1.807, 2.05) is 19.1 Å². The van der Waals surface area contributed by atoms with Crippen LogP contribution in [0.1, 0.15) is 31.2 Å². The van der Waals surface area contributed by atoms with E-state index in [2.05, 4.69) is 10.3 Å². The molecule has 0 bridgehead atoms. The van der Waals surface area contributed by atoms with Gasteiger partial charge in [-0.3, -0.25) is 0 Å². The number of carboxylic acids is 1. The van der Waals surface area contributed by atoms with Crippen LogP contribution >= 0.6 is 0 Å². The van der Waals surface area contributed by atoms with Crippen molar-refractivity contribution in [2.75, 3.05) is 11.9 Å². The van der Waals surface area contributed by atoms with Crippen LogP contribution in [0.15, 0.2) is 40.8 Å². The van der Waals surface area contributed by atoms with Crippen molar-refractivity contribution in [1.82, 2.24) is 9.88 Å². The second kappa shape index (κ2) is 10.2. The van der Waals surface area contributed by atoms with Crippen LogP contribution in [0.5, 0.6) is 0 Å². The molecule has 0 aliphatic heterocycles. The number of nitrogens with zero attached hydrogens (tertiary/aromatic N) is 2.